The number of benzene rings is 4. The van der Waals surface area contributed by atoms with Crippen molar-refractivity contribution >= 4 is 60.9 Å². The van der Waals surface area contributed by atoms with E-state index in [4.69, 9.17) is 60.8 Å². The van der Waals surface area contributed by atoms with Crippen LogP contribution in [0.3, 0.4) is 0 Å². The summed E-state index contributed by atoms with van der Waals surface area (Å²) < 4.78 is 73.7. The lowest BCUT2D eigenvalue weighted by Gasteiger charge is -2.22. The molecule has 0 N–H and O–H groups in total. The van der Waals surface area contributed by atoms with E-state index in [1.165, 1.54) is 19.2 Å². The van der Waals surface area contributed by atoms with Gasteiger partial charge in [0, 0.05) is 29.9 Å². The smallest absolute Gasteiger partial charge is 0.347 e. The van der Waals surface area contributed by atoms with Gasteiger partial charge in [0.1, 0.15) is 48.0 Å². The highest BCUT2D eigenvalue weighted by molar-refractivity contribution is 7.86. The van der Waals surface area contributed by atoms with E-state index in [9.17, 15) is 13.2 Å². The van der Waals surface area contributed by atoms with Crippen molar-refractivity contribution in [3.63, 3.8) is 0 Å². The number of halogens is 2. The first-order valence-corrected chi connectivity index (χ1v) is 22.3. The van der Waals surface area contributed by atoms with Crippen molar-refractivity contribution in [1.82, 2.24) is 19.3 Å². The molecule has 3 aromatic heterocycles. The molecule has 4 bridgehead atoms. The van der Waals surface area contributed by atoms with Crippen molar-refractivity contribution in [2.75, 3.05) is 27.4 Å². The third-order valence-electron chi connectivity index (χ3n) is 10.1. The van der Waals surface area contributed by atoms with Gasteiger partial charge in [-0.25, -0.2) is 19.7 Å². The Morgan fingerprint density at radius 1 is 0.921 bits per heavy atom. The number of aryl methyl sites for hydroxylation is 1. The first-order valence-electron chi connectivity index (χ1n) is 19.4. The van der Waals surface area contributed by atoms with Crippen LogP contribution < -0.4 is 23.7 Å². The van der Waals surface area contributed by atoms with Gasteiger partial charge in [0.2, 0.25) is 12.0 Å². The minimum atomic E-state index is -4.20. The number of carbonyl (C=O) groups is 1. The van der Waals surface area contributed by atoms with Crippen molar-refractivity contribution in [2.45, 2.75) is 44.0 Å². The fraction of sp³-hybridized carbons (Fsp3) is 0.222. The molecule has 7 aromatic rings. The van der Waals surface area contributed by atoms with Crippen LogP contribution in [0, 0.1) is 13.8 Å². The second-order valence-corrected chi connectivity index (χ2v) is 17.4. The lowest BCUT2D eigenvalue weighted by molar-refractivity contribution is -0.148. The summed E-state index contributed by atoms with van der Waals surface area (Å²) in [6, 6.07) is 23.9. The second kappa shape index (κ2) is 18.7. The Balaban J connectivity index is 1.19. The molecule has 2 aliphatic heterocycles. The summed E-state index contributed by atoms with van der Waals surface area (Å²) >= 11 is 15.0. The van der Waals surface area contributed by atoms with E-state index in [1.807, 2.05) is 31.2 Å². The third kappa shape index (κ3) is 9.50. The van der Waals surface area contributed by atoms with Crippen molar-refractivity contribution in [3.8, 4) is 51.4 Å². The summed E-state index contributed by atoms with van der Waals surface area (Å²) in [5, 5.41) is 0.856. The molecule has 0 saturated heterocycles. The number of pyridine rings is 1. The molecule has 0 amide bonds. The number of rotatable bonds is 10. The molecule has 0 unspecified atom stereocenters. The van der Waals surface area contributed by atoms with Crippen LogP contribution in [0.2, 0.25) is 10.2 Å². The topological polar surface area (TPSA) is 167 Å². The van der Waals surface area contributed by atoms with E-state index >= 15 is 0 Å². The van der Waals surface area contributed by atoms with E-state index < -0.39 is 34.9 Å². The predicted octanol–water partition coefficient (Wildman–Crippen LogP) is 9.03. The van der Waals surface area contributed by atoms with Crippen molar-refractivity contribution in [1.29, 1.82) is 0 Å². The van der Waals surface area contributed by atoms with Gasteiger partial charge >= 0.3 is 5.97 Å². The highest BCUT2D eigenvalue weighted by Crippen LogP contribution is 2.45. The van der Waals surface area contributed by atoms with Crippen molar-refractivity contribution in [3.05, 3.63) is 130 Å². The maximum absolute atomic E-state index is 13.6. The Labute approximate surface area is 376 Å². The van der Waals surface area contributed by atoms with Gasteiger partial charge < -0.3 is 28.4 Å². The number of hydrogen-bond acceptors (Lipinski definition) is 15. The van der Waals surface area contributed by atoms with Crippen LogP contribution in [0.1, 0.15) is 22.4 Å². The number of esters is 1. The monoisotopic (exact) mass is 928 g/mol. The van der Waals surface area contributed by atoms with Gasteiger partial charge in [-0.05, 0) is 91.1 Å². The minimum absolute atomic E-state index is 0.0148. The van der Waals surface area contributed by atoms with Crippen LogP contribution in [0.25, 0.3) is 32.6 Å². The standard InChI is InChI=1S/C45H38Cl2N4O10S2/c1-25-9-12-31(13-10-25)63(53,54)59-24-30-23-57-29-11-15-34(58-22-28-17-18-48-43(50-28)33-7-5-6-8-35(33)55-3)27(19-29)20-37(45(52)56-4)61-44-40-38(62-51-44)21-49-42(47)39(40)32-14-16-36(60-30)41(46)26(32)2/h5-19,21,30,37H,20,22-24H2,1-4H3/t30-,37-/m0/s1. The SMILES string of the molecule is COC(=O)[C@@H]1Cc2cc(ccc2OCc2ccnc(-c3ccccc3OC)n2)OC[C@@H](COS(=O)(=O)c2ccc(C)cc2)Oc2ccc(c(C)c2Cl)-c2c(Cl)ncc3snc(c23)O1. The average molecular weight is 930 g/mol. The van der Waals surface area contributed by atoms with Crippen LogP contribution >= 0.6 is 34.7 Å². The van der Waals surface area contributed by atoms with Gasteiger partial charge in [0.05, 0.1) is 45.5 Å². The fourth-order valence-corrected chi connectivity index (χ4v) is 8.92. The van der Waals surface area contributed by atoms with Gasteiger partial charge in [0.25, 0.3) is 10.1 Å². The molecule has 5 heterocycles. The molecule has 2 aliphatic rings. The molecule has 9 rings (SSSR count). The normalized spacial score (nSPS) is 15.1. The molecule has 18 heteroatoms. The second-order valence-electron chi connectivity index (χ2n) is 14.3. The van der Waals surface area contributed by atoms with E-state index in [2.05, 4.69) is 14.3 Å². The number of hydrogen-bond donors (Lipinski definition) is 0. The molecule has 2 atom stereocenters. The number of carbonyl (C=O) groups excluding carboxylic acids is 1. The van der Waals surface area contributed by atoms with Crippen molar-refractivity contribution in [2.24, 2.45) is 0 Å². The fourth-order valence-electron chi connectivity index (χ4n) is 6.83. The van der Waals surface area contributed by atoms with Crippen LogP contribution in [-0.2, 0) is 36.9 Å². The van der Waals surface area contributed by atoms with Crippen LogP contribution in [0.15, 0.2) is 102 Å². The van der Waals surface area contributed by atoms with E-state index in [1.54, 1.807) is 75.0 Å². The van der Waals surface area contributed by atoms with Gasteiger partial charge in [-0.1, -0.05) is 59.1 Å². The molecular formula is C45H38Cl2N4O10S2. The summed E-state index contributed by atoms with van der Waals surface area (Å²) in [7, 11) is -1.35. The minimum Gasteiger partial charge on any atom is -0.496 e. The molecule has 324 valence electrons. The molecular weight excluding hydrogens is 892 g/mol. The molecule has 0 spiro atoms. The van der Waals surface area contributed by atoms with Crippen molar-refractivity contribution < 1.29 is 45.8 Å². The summed E-state index contributed by atoms with van der Waals surface area (Å²) in [5.41, 5.74) is 4.28. The Kier molecular flexibility index (Phi) is 13.0. The lowest BCUT2D eigenvalue weighted by atomic mass is 9.99. The molecule has 0 saturated carbocycles. The first kappa shape index (κ1) is 43.6. The zero-order chi connectivity index (χ0) is 44.3. The third-order valence-corrected chi connectivity index (χ3v) is 12.9. The summed E-state index contributed by atoms with van der Waals surface area (Å²) in [5.74, 6) is 1.45. The highest BCUT2D eigenvalue weighted by Gasteiger charge is 2.30. The Bertz CT molecular complexity index is 2930. The molecule has 4 aromatic carbocycles. The quantitative estimate of drug-likeness (QED) is 0.0724. The maximum atomic E-state index is 13.6. The maximum Gasteiger partial charge on any atom is 0.347 e. The first-order chi connectivity index (χ1) is 30.4. The van der Waals surface area contributed by atoms with Crippen LogP contribution in [-0.4, -0.2) is 73.4 Å². The van der Waals surface area contributed by atoms with Crippen LogP contribution in [0.5, 0.6) is 28.9 Å². The van der Waals surface area contributed by atoms with Gasteiger partial charge in [-0.2, -0.15) is 12.8 Å². The van der Waals surface area contributed by atoms with Gasteiger partial charge in [-0.15, -0.1) is 0 Å². The zero-order valence-corrected chi connectivity index (χ0v) is 37.3. The van der Waals surface area contributed by atoms with Gasteiger partial charge in [-0.3, -0.25) is 4.18 Å². The number of para-hydroxylation sites is 1. The van der Waals surface area contributed by atoms with Crippen LogP contribution in [0.4, 0.5) is 0 Å². The predicted molar refractivity (Wildman–Crippen MR) is 237 cm³/mol. The summed E-state index contributed by atoms with van der Waals surface area (Å²) in [4.78, 5) is 27.2. The Hall–Kier alpha value is -6.04. The Morgan fingerprint density at radius 3 is 2.52 bits per heavy atom. The number of aromatic nitrogens is 4. The summed E-state index contributed by atoms with van der Waals surface area (Å²) in [6.07, 6.45) is 0.886. The molecule has 63 heavy (non-hydrogen) atoms. The number of nitrogens with zero attached hydrogens (tertiary/aromatic N) is 4. The largest absolute Gasteiger partial charge is 0.496 e. The number of fused-ring (bicyclic) bond motifs is 7. The highest BCUT2D eigenvalue weighted by atomic mass is 35.5. The molecule has 0 fully saturated rings. The van der Waals surface area contributed by atoms with E-state index in [-0.39, 0.29) is 46.3 Å². The number of methoxy groups -OCH3 is 2. The average Bonchev–Trinajstić information content (AvgIpc) is 3.70. The van der Waals surface area contributed by atoms with E-state index in [0.717, 1.165) is 17.1 Å². The molecule has 14 nitrogen and oxygen atoms in total. The lowest BCUT2D eigenvalue weighted by Crippen LogP contribution is -2.32. The number of ether oxygens (including phenoxy) is 6. The zero-order valence-electron chi connectivity index (χ0n) is 34.2. The molecule has 0 radical (unpaired) electrons. The molecule has 0 aliphatic carbocycles. The summed E-state index contributed by atoms with van der Waals surface area (Å²) in [6.45, 7) is 3.02. The van der Waals surface area contributed by atoms with E-state index in [0.29, 0.717) is 66.7 Å². The van der Waals surface area contributed by atoms with Gasteiger partial charge in [0.15, 0.2) is 11.9 Å². The Morgan fingerprint density at radius 2 is 1.73 bits per heavy atom.